The van der Waals surface area contributed by atoms with Crippen molar-refractivity contribution in [2.45, 2.75) is 0 Å². The minimum Gasteiger partial charge on any atom is -0.438 e. The molecule has 2 aromatic carbocycles. The van der Waals surface area contributed by atoms with Gasteiger partial charge < -0.3 is 4.42 Å². The largest absolute Gasteiger partial charge is 0.438 e. The van der Waals surface area contributed by atoms with E-state index in [0.717, 1.165) is 22.4 Å². The van der Waals surface area contributed by atoms with Crippen LogP contribution in [0.4, 0.5) is 5.13 Å². The van der Waals surface area contributed by atoms with Crippen LogP contribution in [0.2, 0.25) is 5.02 Å². The molecule has 0 aliphatic carbocycles. The lowest BCUT2D eigenvalue weighted by Gasteiger charge is -2.05. The number of oxazole rings is 1. The van der Waals surface area contributed by atoms with Crippen molar-refractivity contribution in [3.8, 4) is 33.8 Å². The van der Waals surface area contributed by atoms with Crippen molar-refractivity contribution in [2.24, 2.45) is 0 Å². The van der Waals surface area contributed by atoms with E-state index in [0.29, 0.717) is 21.5 Å². The third-order valence-corrected chi connectivity index (χ3v) is 5.77. The van der Waals surface area contributed by atoms with Crippen molar-refractivity contribution < 1.29 is 9.21 Å². The number of carbonyl (C=O) groups excluding carboxylic acids is 1. The number of hydrogen-bond acceptors (Lipinski definition) is 6. The molecule has 32 heavy (non-hydrogen) atoms. The first-order chi connectivity index (χ1) is 15.7. The second-order valence-electron chi connectivity index (χ2n) is 6.82. The molecule has 0 saturated heterocycles. The molecular formula is C24H15ClN4O2S. The molecule has 0 bridgehead atoms. The van der Waals surface area contributed by atoms with E-state index in [2.05, 4.69) is 20.3 Å². The molecule has 8 heteroatoms. The summed E-state index contributed by atoms with van der Waals surface area (Å²) < 4.78 is 5.40. The number of nitrogens with one attached hydrogen (secondary N) is 1. The molecule has 0 aliphatic rings. The number of nitrogens with zero attached hydrogens (tertiary/aromatic N) is 3. The number of carbonyl (C=O) groups is 1. The fourth-order valence-electron chi connectivity index (χ4n) is 3.19. The van der Waals surface area contributed by atoms with Crippen LogP contribution in [0.5, 0.6) is 0 Å². The Labute approximate surface area is 192 Å². The van der Waals surface area contributed by atoms with E-state index in [4.69, 9.17) is 16.0 Å². The van der Waals surface area contributed by atoms with Gasteiger partial charge in [-0.3, -0.25) is 15.1 Å². The molecule has 0 radical (unpaired) electrons. The first kappa shape index (κ1) is 20.1. The Morgan fingerprint density at radius 1 is 0.875 bits per heavy atom. The van der Waals surface area contributed by atoms with Crippen LogP contribution in [0.3, 0.4) is 0 Å². The minimum atomic E-state index is -0.416. The SMILES string of the molecule is O=C(Nc1nc(-c2ccccn2)cs1)c1ocnc1-c1ccc(-c2ccc(Cl)cc2)cc1. The van der Waals surface area contributed by atoms with Gasteiger partial charge >= 0.3 is 0 Å². The number of pyridine rings is 1. The lowest BCUT2D eigenvalue weighted by Crippen LogP contribution is -2.12. The van der Waals surface area contributed by atoms with E-state index < -0.39 is 5.91 Å². The van der Waals surface area contributed by atoms with E-state index in [1.165, 1.54) is 17.7 Å². The number of thiazole rings is 1. The summed E-state index contributed by atoms with van der Waals surface area (Å²) in [5.74, 6) is -0.292. The predicted octanol–water partition coefficient (Wildman–Crippen LogP) is 6.43. The van der Waals surface area contributed by atoms with Crippen LogP contribution in [0.25, 0.3) is 33.8 Å². The molecule has 0 spiro atoms. The number of benzene rings is 2. The van der Waals surface area contributed by atoms with E-state index in [1.54, 1.807) is 6.20 Å². The molecule has 1 N–H and O–H groups in total. The van der Waals surface area contributed by atoms with Crippen molar-refractivity contribution >= 4 is 34.0 Å². The lowest BCUT2D eigenvalue weighted by atomic mass is 10.0. The average molecular weight is 459 g/mol. The summed E-state index contributed by atoms with van der Waals surface area (Å²) in [6.45, 7) is 0. The summed E-state index contributed by atoms with van der Waals surface area (Å²) in [6.07, 6.45) is 2.96. The molecule has 5 rings (SSSR count). The summed E-state index contributed by atoms with van der Waals surface area (Å²) in [6, 6.07) is 20.9. The topological polar surface area (TPSA) is 80.9 Å². The van der Waals surface area contributed by atoms with E-state index in [-0.39, 0.29) is 5.76 Å². The highest BCUT2D eigenvalue weighted by Gasteiger charge is 2.20. The summed E-state index contributed by atoms with van der Waals surface area (Å²) in [4.78, 5) is 25.8. The predicted molar refractivity (Wildman–Crippen MR) is 126 cm³/mol. The van der Waals surface area contributed by atoms with Crippen molar-refractivity contribution in [2.75, 3.05) is 5.32 Å². The Balaban J connectivity index is 1.35. The Kier molecular flexibility index (Phi) is 5.49. The Bertz CT molecular complexity index is 1360. The maximum Gasteiger partial charge on any atom is 0.295 e. The third kappa shape index (κ3) is 4.16. The highest BCUT2D eigenvalue weighted by Crippen LogP contribution is 2.28. The van der Waals surface area contributed by atoms with Gasteiger partial charge in [-0.1, -0.05) is 54.1 Å². The van der Waals surface area contributed by atoms with E-state index >= 15 is 0 Å². The van der Waals surface area contributed by atoms with Gasteiger partial charge in [-0.15, -0.1) is 11.3 Å². The Hall–Kier alpha value is -3.81. The van der Waals surface area contributed by atoms with Gasteiger partial charge in [0, 0.05) is 22.2 Å². The summed E-state index contributed by atoms with van der Waals surface area (Å²) in [5, 5.41) is 5.77. The zero-order valence-electron chi connectivity index (χ0n) is 16.5. The number of hydrogen-bond donors (Lipinski definition) is 1. The zero-order valence-corrected chi connectivity index (χ0v) is 18.1. The zero-order chi connectivity index (χ0) is 21.9. The molecule has 3 aromatic heterocycles. The Morgan fingerprint density at radius 3 is 2.31 bits per heavy atom. The molecule has 0 unspecified atom stereocenters. The number of halogens is 1. The minimum absolute atomic E-state index is 0.124. The molecule has 0 aliphatic heterocycles. The molecule has 156 valence electrons. The third-order valence-electron chi connectivity index (χ3n) is 4.76. The van der Waals surface area contributed by atoms with Crippen molar-refractivity contribution in [1.29, 1.82) is 0 Å². The molecule has 3 heterocycles. The first-order valence-corrected chi connectivity index (χ1v) is 10.9. The maximum atomic E-state index is 12.8. The molecule has 5 aromatic rings. The molecule has 0 fully saturated rings. The second kappa shape index (κ2) is 8.74. The van der Waals surface area contributed by atoms with Gasteiger partial charge in [-0.05, 0) is 35.4 Å². The Morgan fingerprint density at radius 2 is 1.59 bits per heavy atom. The molecule has 6 nitrogen and oxygen atoms in total. The van der Waals surface area contributed by atoms with Crippen LogP contribution < -0.4 is 5.32 Å². The van der Waals surface area contributed by atoms with Crippen molar-refractivity contribution in [3.05, 3.63) is 95.5 Å². The highest BCUT2D eigenvalue weighted by atomic mass is 35.5. The van der Waals surface area contributed by atoms with Gasteiger partial charge in [0.25, 0.3) is 5.91 Å². The van der Waals surface area contributed by atoms with Gasteiger partial charge in [0.15, 0.2) is 11.5 Å². The quantitative estimate of drug-likeness (QED) is 0.328. The van der Waals surface area contributed by atoms with Gasteiger partial charge in [0.05, 0.1) is 5.69 Å². The molecule has 0 atom stereocenters. The van der Waals surface area contributed by atoms with E-state index in [1.807, 2.05) is 72.1 Å². The van der Waals surface area contributed by atoms with Crippen LogP contribution in [0, 0.1) is 0 Å². The standard InChI is InChI=1S/C24H15ClN4O2S/c25-18-10-8-16(9-11-18)15-4-6-17(7-5-15)21-22(31-14-27-21)23(30)29-24-28-20(13-32-24)19-3-1-2-12-26-19/h1-14H,(H,28,29,30). The van der Waals surface area contributed by atoms with Crippen LogP contribution in [0.15, 0.2) is 89.1 Å². The average Bonchev–Trinajstić information content (AvgIpc) is 3.50. The number of rotatable bonds is 5. The smallest absolute Gasteiger partial charge is 0.295 e. The van der Waals surface area contributed by atoms with Crippen LogP contribution in [0.1, 0.15) is 10.6 Å². The van der Waals surface area contributed by atoms with Gasteiger partial charge in [-0.2, -0.15) is 0 Å². The fraction of sp³-hybridized carbons (Fsp3) is 0. The molecule has 0 saturated carbocycles. The van der Waals surface area contributed by atoms with Crippen LogP contribution >= 0.6 is 22.9 Å². The van der Waals surface area contributed by atoms with Crippen molar-refractivity contribution in [1.82, 2.24) is 15.0 Å². The number of aromatic nitrogens is 3. The number of anilines is 1. The fourth-order valence-corrected chi connectivity index (χ4v) is 4.02. The van der Waals surface area contributed by atoms with Crippen LogP contribution in [-0.4, -0.2) is 20.9 Å². The van der Waals surface area contributed by atoms with Gasteiger partial charge in [-0.25, -0.2) is 9.97 Å². The monoisotopic (exact) mass is 458 g/mol. The normalized spacial score (nSPS) is 10.8. The summed E-state index contributed by atoms with van der Waals surface area (Å²) in [5.41, 5.74) is 4.75. The van der Waals surface area contributed by atoms with E-state index in [9.17, 15) is 4.79 Å². The summed E-state index contributed by atoms with van der Waals surface area (Å²) >= 11 is 7.28. The highest BCUT2D eigenvalue weighted by molar-refractivity contribution is 7.14. The first-order valence-electron chi connectivity index (χ1n) is 9.65. The molecule has 1 amide bonds. The second-order valence-corrected chi connectivity index (χ2v) is 8.12. The maximum absolute atomic E-state index is 12.8. The molecular weight excluding hydrogens is 444 g/mol. The van der Waals surface area contributed by atoms with Crippen molar-refractivity contribution in [3.63, 3.8) is 0 Å². The van der Waals surface area contributed by atoms with Crippen LogP contribution in [-0.2, 0) is 0 Å². The lowest BCUT2D eigenvalue weighted by molar-refractivity contribution is 0.0997. The van der Waals surface area contributed by atoms with Gasteiger partial charge in [0.1, 0.15) is 11.4 Å². The van der Waals surface area contributed by atoms with Gasteiger partial charge in [0.2, 0.25) is 5.76 Å². The number of amides is 1. The summed E-state index contributed by atoms with van der Waals surface area (Å²) in [7, 11) is 0.